The number of hydrogen-bond acceptors (Lipinski definition) is 2. The van der Waals surface area contributed by atoms with Crippen LogP contribution in [0.15, 0.2) is 59.7 Å². The Morgan fingerprint density at radius 3 is 2.23 bits per heavy atom. The molecule has 2 aromatic rings. The van der Waals surface area contributed by atoms with Crippen LogP contribution in [-0.2, 0) is 0 Å². The lowest BCUT2D eigenvalue weighted by Crippen LogP contribution is -2.34. The Bertz CT molecular complexity index is 852. The van der Waals surface area contributed by atoms with E-state index in [2.05, 4.69) is 43.4 Å². The zero-order valence-electron chi connectivity index (χ0n) is 15.8. The van der Waals surface area contributed by atoms with Crippen molar-refractivity contribution in [3.63, 3.8) is 0 Å². The molecule has 0 aliphatic heterocycles. The van der Waals surface area contributed by atoms with Crippen molar-refractivity contribution in [3.05, 3.63) is 60.2 Å². The van der Waals surface area contributed by atoms with Gasteiger partial charge in [-0.15, -0.1) is 0 Å². The number of rotatable bonds is 3. The Labute approximate surface area is 155 Å². The average molecular weight is 346 g/mol. The zero-order valence-corrected chi connectivity index (χ0v) is 15.8. The van der Waals surface area contributed by atoms with E-state index in [-0.39, 0.29) is 16.7 Å². The van der Waals surface area contributed by atoms with Gasteiger partial charge in [0.25, 0.3) is 5.91 Å². The van der Waals surface area contributed by atoms with Gasteiger partial charge in [0, 0.05) is 16.7 Å². The van der Waals surface area contributed by atoms with Gasteiger partial charge in [-0.05, 0) is 53.9 Å². The molecule has 2 aromatic carbocycles. The molecule has 0 saturated heterocycles. The Morgan fingerprint density at radius 1 is 1.00 bits per heavy atom. The maximum absolute atomic E-state index is 12.5. The van der Waals surface area contributed by atoms with Crippen LogP contribution >= 0.6 is 0 Å². The minimum Gasteiger partial charge on any atom is -0.267 e. The molecule has 1 N–H and O–H groups in total. The van der Waals surface area contributed by atoms with Crippen molar-refractivity contribution in [3.8, 4) is 11.1 Å². The Morgan fingerprint density at radius 2 is 1.65 bits per heavy atom. The van der Waals surface area contributed by atoms with E-state index in [1.54, 1.807) is 0 Å². The maximum atomic E-state index is 12.5. The van der Waals surface area contributed by atoms with Crippen LogP contribution in [0.2, 0.25) is 0 Å². The fraction of sp³-hybridized carbons (Fsp3) is 0.391. The highest BCUT2D eigenvalue weighted by molar-refractivity contribution is 5.98. The quantitative estimate of drug-likeness (QED) is 0.754. The van der Waals surface area contributed by atoms with Gasteiger partial charge in [0.1, 0.15) is 0 Å². The SMILES string of the molecule is CC1(C)[C@H]2CC[C@]1(C)/C(=N\NC(=O)c1ccc(-c3ccccc3)cc1)C2. The van der Waals surface area contributed by atoms with Crippen molar-refractivity contribution >= 4 is 11.6 Å². The van der Waals surface area contributed by atoms with Gasteiger partial charge in [-0.2, -0.15) is 5.10 Å². The highest BCUT2D eigenvalue weighted by atomic mass is 16.2. The number of fused-ring (bicyclic) bond motifs is 2. The van der Waals surface area contributed by atoms with Gasteiger partial charge < -0.3 is 0 Å². The average Bonchev–Trinajstić information content (AvgIpc) is 3.00. The number of hydrogen-bond donors (Lipinski definition) is 1. The highest BCUT2D eigenvalue weighted by Crippen LogP contribution is 2.63. The third-order valence-electron chi connectivity index (χ3n) is 7.06. The first-order valence-electron chi connectivity index (χ1n) is 9.45. The molecule has 2 saturated carbocycles. The zero-order chi connectivity index (χ0) is 18.4. The number of carbonyl (C=O) groups excluding carboxylic acids is 1. The molecule has 26 heavy (non-hydrogen) atoms. The summed E-state index contributed by atoms with van der Waals surface area (Å²) in [6.07, 6.45) is 3.46. The second-order valence-electron chi connectivity index (χ2n) is 8.44. The van der Waals surface area contributed by atoms with Crippen molar-refractivity contribution in [1.29, 1.82) is 0 Å². The van der Waals surface area contributed by atoms with E-state index in [9.17, 15) is 4.79 Å². The number of carbonyl (C=O) groups is 1. The van der Waals surface area contributed by atoms with Crippen molar-refractivity contribution < 1.29 is 4.79 Å². The molecule has 4 rings (SSSR count). The Hall–Kier alpha value is -2.42. The van der Waals surface area contributed by atoms with E-state index in [0.29, 0.717) is 11.5 Å². The largest absolute Gasteiger partial charge is 0.271 e. The summed E-state index contributed by atoms with van der Waals surface area (Å²) >= 11 is 0. The van der Waals surface area contributed by atoms with E-state index < -0.39 is 0 Å². The predicted octanol–water partition coefficient (Wildman–Crippen LogP) is 5.29. The molecule has 0 aromatic heterocycles. The number of benzene rings is 2. The number of nitrogens with zero attached hydrogens (tertiary/aromatic N) is 1. The van der Waals surface area contributed by atoms with Crippen molar-refractivity contribution in [2.45, 2.75) is 40.0 Å². The summed E-state index contributed by atoms with van der Waals surface area (Å²) in [6.45, 7) is 6.99. The number of hydrazone groups is 1. The molecule has 2 atom stereocenters. The van der Waals surface area contributed by atoms with Crippen LogP contribution in [0.25, 0.3) is 11.1 Å². The smallest absolute Gasteiger partial charge is 0.267 e. The van der Waals surface area contributed by atoms with Crippen LogP contribution in [0.3, 0.4) is 0 Å². The molecular weight excluding hydrogens is 320 g/mol. The summed E-state index contributed by atoms with van der Waals surface area (Å²) in [4.78, 5) is 12.5. The third kappa shape index (κ3) is 2.57. The second kappa shape index (κ2) is 6.08. The number of nitrogens with one attached hydrogen (secondary N) is 1. The van der Waals surface area contributed by atoms with Gasteiger partial charge in [0.05, 0.1) is 0 Å². The standard InChI is InChI=1S/C23H26N2O/c1-22(2)19-13-14-23(22,3)20(15-19)24-25-21(26)18-11-9-17(10-12-18)16-7-5-4-6-8-16/h4-12,19H,13-15H2,1-3H3,(H,25,26)/b24-20-/t19-,23+/m0/s1. The van der Waals surface area contributed by atoms with Gasteiger partial charge in [-0.3, -0.25) is 4.79 Å². The van der Waals surface area contributed by atoms with Gasteiger partial charge in [0.2, 0.25) is 0 Å². The topological polar surface area (TPSA) is 41.5 Å². The lowest BCUT2D eigenvalue weighted by molar-refractivity contribution is 0.0954. The summed E-state index contributed by atoms with van der Waals surface area (Å²) < 4.78 is 0. The number of amides is 1. The lowest BCUT2D eigenvalue weighted by atomic mass is 9.70. The second-order valence-corrected chi connectivity index (χ2v) is 8.44. The normalized spacial score (nSPS) is 27.7. The van der Waals surface area contributed by atoms with Crippen molar-refractivity contribution in [2.75, 3.05) is 0 Å². The first kappa shape index (κ1) is 17.0. The van der Waals surface area contributed by atoms with E-state index in [0.717, 1.165) is 23.3 Å². The predicted molar refractivity (Wildman–Crippen MR) is 106 cm³/mol. The summed E-state index contributed by atoms with van der Waals surface area (Å²) in [6, 6.07) is 17.9. The minimum atomic E-state index is -0.138. The van der Waals surface area contributed by atoms with Crippen LogP contribution < -0.4 is 5.43 Å². The molecule has 0 heterocycles. The molecule has 2 aliphatic carbocycles. The molecule has 0 unspecified atom stereocenters. The monoisotopic (exact) mass is 346 g/mol. The van der Waals surface area contributed by atoms with Gasteiger partial charge in [-0.1, -0.05) is 63.2 Å². The molecule has 0 spiro atoms. The van der Waals surface area contributed by atoms with E-state index in [1.807, 2.05) is 42.5 Å². The van der Waals surface area contributed by atoms with E-state index in [1.165, 1.54) is 12.8 Å². The van der Waals surface area contributed by atoms with Crippen LogP contribution in [0.1, 0.15) is 50.4 Å². The van der Waals surface area contributed by atoms with Crippen LogP contribution in [0.4, 0.5) is 0 Å². The summed E-state index contributed by atoms with van der Waals surface area (Å²) in [5.74, 6) is 0.551. The Balaban J connectivity index is 1.48. The highest BCUT2D eigenvalue weighted by Gasteiger charge is 2.60. The van der Waals surface area contributed by atoms with E-state index in [4.69, 9.17) is 0 Å². The summed E-state index contributed by atoms with van der Waals surface area (Å²) in [7, 11) is 0. The maximum Gasteiger partial charge on any atom is 0.271 e. The molecule has 1 amide bonds. The van der Waals surface area contributed by atoms with E-state index >= 15 is 0 Å². The Kier molecular flexibility index (Phi) is 3.98. The lowest BCUT2D eigenvalue weighted by Gasteiger charge is -2.34. The fourth-order valence-electron chi connectivity index (χ4n) is 4.72. The molecule has 2 fully saturated rings. The molecule has 2 aliphatic rings. The molecule has 0 radical (unpaired) electrons. The molecule has 3 heteroatoms. The molecule has 134 valence electrons. The van der Waals surface area contributed by atoms with Gasteiger partial charge in [-0.25, -0.2) is 5.43 Å². The van der Waals surface area contributed by atoms with Crippen molar-refractivity contribution in [1.82, 2.24) is 5.43 Å². The fourth-order valence-corrected chi connectivity index (χ4v) is 4.72. The third-order valence-corrected chi connectivity index (χ3v) is 7.06. The van der Waals surface area contributed by atoms with Crippen molar-refractivity contribution in [2.24, 2.45) is 21.8 Å². The van der Waals surface area contributed by atoms with Crippen LogP contribution in [0, 0.1) is 16.7 Å². The first-order valence-corrected chi connectivity index (χ1v) is 9.45. The minimum absolute atomic E-state index is 0.113. The summed E-state index contributed by atoms with van der Waals surface area (Å²) in [5, 5.41) is 4.55. The molecule has 2 bridgehead atoms. The summed E-state index contributed by atoms with van der Waals surface area (Å²) in [5.41, 5.74) is 7.24. The van der Waals surface area contributed by atoms with Gasteiger partial charge in [0.15, 0.2) is 0 Å². The van der Waals surface area contributed by atoms with Crippen LogP contribution in [-0.4, -0.2) is 11.6 Å². The van der Waals surface area contributed by atoms with Crippen LogP contribution in [0.5, 0.6) is 0 Å². The van der Waals surface area contributed by atoms with Gasteiger partial charge >= 0.3 is 0 Å². The first-order chi connectivity index (χ1) is 12.4. The molecule has 3 nitrogen and oxygen atoms in total. The molecular formula is C23H26N2O.